The minimum Gasteiger partial charge on any atom is -0.497 e. The van der Waals surface area contributed by atoms with Gasteiger partial charge >= 0.3 is 0 Å². The van der Waals surface area contributed by atoms with Crippen molar-refractivity contribution in [3.63, 3.8) is 0 Å². The minimum absolute atomic E-state index is 0.0333. The van der Waals surface area contributed by atoms with Crippen molar-refractivity contribution in [3.8, 4) is 5.75 Å². The summed E-state index contributed by atoms with van der Waals surface area (Å²) in [5.74, 6) is 6.65. The molecule has 0 aliphatic heterocycles. The third-order valence-corrected chi connectivity index (χ3v) is 3.99. The largest absolute Gasteiger partial charge is 0.497 e. The number of halogens is 1. The maximum absolute atomic E-state index is 5.79. The van der Waals surface area contributed by atoms with Gasteiger partial charge in [-0.2, -0.15) is 0 Å². The average Bonchev–Trinajstić information content (AvgIpc) is 2.43. The highest BCUT2D eigenvalue weighted by Crippen LogP contribution is 2.30. The molecule has 0 bridgehead atoms. The van der Waals surface area contributed by atoms with Gasteiger partial charge in [0.25, 0.3) is 0 Å². The number of benzene rings is 2. The molecule has 1 unspecified atom stereocenters. The average molecular weight is 335 g/mol. The fourth-order valence-corrected chi connectivity index (χ4v) is 2.88. The van der Waals surface area contributed by atoms with Crippen LogP contribution in [-0.2, 0) is 0 Å². The fourth-order valence-electron chi connectivity index (χ4n) is 2.41. The van der Waals surface area contributed by atoms with Crippen LogP contribution in [0.4, 0.5) is 0 Å². The molecule has 106 valence electrons. The van der Waals surface area contributed by atoms with Gasteiger partial charge in [-0.3, -0.25) is 5.84 Å². The van der Waals surface area contributed by atoms with Gasteiger partial charge in [0.05, 0.1) is 13.2 Å². The number of hydrogen-bond acceptors (Lipinski definition) is 3. The van der Waals surface area contributed by atoms with Crippen molar-refractivity contribution in [1.29, 1.82) is 0 Å². The summed E-state index contributed by atoms with van der Waals surface area (Å²) in [5.41, 5.74) is 7.58. The van der Waals surface area contributed by atoms with E-state index in [0.717, 1.165) is 21.3 Å². The molecule has 0 aliphatic rings. The Kier molecular flexibility index (Phi) is 4.81. The number of hydrazine groups is 1. The number of rotatable bonds is 4. The predicted molar refractivity (Wildman–Crippen MR) is 85.8 cm³/mol. The summed E-state index contributed by atoms with van der Waals surface area (Å²) in [6.45, 7) is 4.15. The Morgan fingerprint density at radius 1 is 1.05 bits per heavy atom. The van der Waals surface area contributed by atoms with Gasteiger partial charge in [0.2, 0.25) is 0 Å². The van der Waals surface area contributed by atoms with Crippen molar-refractivity contribution in [2.45, 2.75) is 19.9 Å². The Morgan fingerprint density at radius 2 is 1.65 bits per heavy atom. The van der Waals surface area contributed by atoms with Gasteiger partial charge in [-0.15, -0.1) is 0 Å². The van der Waals surface area contributed by atoms with Crippen molar-refractivity contribution in [3.05, 3.63) is 63.1 Å². The van der Waals surface area contributed by atoms with Gasteiger partial charge in [0.15, 0.2) is 0 Å². The van der Waals surface area contributed by atoms with E-state index < -0.39 is 0 Å². The lowest BCUT2D eigenvalue weighted by molar-refractivity contribution is 0.414. The molecule has 0 heterocycles. The first-order valence-electron chi connectivity index (χ1n) is 6.43. The van der Waals surface area contributed by atoms with Crippen LogP contribution in [0.3, 0.4) is 0 Å². The lowest BCUT2D eigenvalue weighted by atomic mass is 9.92. The molecular weight excluding hydrogens is 316 g/mol. The maximum atomic E-state index is 5.79. The van der Waals surface area contributed by atoms with E-state index >= 15 is 0 Å². The first kappa shape index (κ1) is 15.0. The highest BCUT2D eigenvalue weighted by Gasteiger charge is 2.17. The van der Waals surface area contributed by atoms with Crippen molar-refractivity contribution < 1.29 is 4.74 Å². The van der Waals surface area contributed by atoms with Crippen LogP contribution in [0.1, 0.15) is 28.3 Å². The molecule has 4 heteroatoms. The normalized spacial score (nSPS) is 12.2. The quantitative estimate of drug-likeness (QED) is 0.663. The van der Waals surface area contributed by atoms with Crippen molar-refractivity contribution in [1.82, 2.24) is 5.43 Å². The molecule has 0 saturated heterocycles. The second-order valence-corrected chi connectivity index (χ2v) is 5.74. The fraction of sp³-hybridized carbons (Fsp3) is 0.250. The van der Waals surface area contributed by atoms with Crippen LogP contribution in [0, 0.1) is 13.8 Å². The van der Waals surface area contributed by atoms with Gasteiger partial charge in [0.1, 0.15) is 5.75 Å². The van der Waals surface area contributed by atoms with E-state index in [1.54, 1.807) is 7.11 Å². The summed E-state index contributed by atoms with van der Waals surface area (Å²) in [6.07, 6.45) is 0. The molecule has 0 aromatic heterocycles. The van der Waals surface area contributed by atoms with E-state index in [1.807, 2.05) is 18.2 Å². The van der Waals surface area contributed by atoms with E-state index in [9.17, 15) is 0 Å². The zero-order valence-corrected chi connectivity index (χ0v) is 13.5. The number of methoxy groups -OCH3 is 1. The maximum Gasteiger partial charge on any atom is 0.119 e. The van der Waals surface area contributed by atoms with Crippen LogP contribution in [-0.4, -0.2) is 7.11 Å². The Bertz CT molecular complexity index is 613. The van der Waals surface area contributed by atoms with Crippen LogP contribution >= 0.6 is 15.9 Å². The third kappa shape index (κ3) is 3.03. The van der Waals surface area contributed by atoms with E-state index in [4.69, 9.17) is 10.6 Å². The second kappa shape index (κ2) is 6.39. The molecule has 0 fully saturated rings. The number of hydrogen-bond donors (Lipinski definition) is 2. The van der Waals surface area contributed by atoms with Gasteiger partial charge in [-0.1, -0.05) is 28.1 Å². The summed E-state index contributed by atoms with van der Waals surface area (Å²) < 4.78 is 6.32. The highest BCUT2D eigenvalue weighted by molar-refractivity contribution is 9.10. The molecule has 2 aromatic rings. The summed E-state index contributed by atoms with van der Waals surface area (Å²) in [4.78, 5) is 0. The summed E-state index contributed by atoms with van der Waals surface area (Å²) in [5, 5.41) is 0. The van der Waals surface area contributed by atoms with Crippen LogP contribution < -0.4 is 16.0 Å². The Labute approximate surface area is 128 Å². The summed E-state index contributed by atoms with van der Waals surface area (Å²) in [7, 11) is 1.67. The van der Waals surface area contributed by atoms with Gasteiger partial charge in [-0.25, -0.2) is 5.43 Å². The lowest BCUT2D eigenvalue weighted by Gasteiger charge is -2.21. The van der Waals surface area contributed by atoms with Gasteiger partial charge in [0, 0.05) is 4.47 Å². The Hall–Kier alpha value is -1.36. The van der Waals surface area contributed by atoms with E-state index in [-0.39, 0.29) is 6.04 Å². The topological polar surface area (TPSA) is 47.3 Å². The smallest absolute Gasteiger partial charge is 0.119 e. The second-order valence-electron chi connectivity index (χ2n) is 4.82. The number of nitrogens with one attached hydrogen (secondary N) is 1. The summed E-state index contributed by atoms with van der Waals surface area (Å²) in [6, 6.07) is 12.2. The molecule has 2 aromatic carbocycles. The monoisotopic (exact) mass is 334 g/mol. The van der Waals surface area contributed by atoms with Gasteiger partial charge in [-0.05, 0) is 60.4 Å². The first-order valence-corrected chi connectivity index (χ1v) is 7.23. The lowest BCUT2D eigenvalue weighted by Crippen LogP contribution is -2.29. The zero-order valence-electron chi connectivity index (χ0n) is 11.9. The first-order chi connectivity index (χ1) is 9.56. The standard InChI is InChI=1S/C16H19BrN2O/c1-10-8-12(17)4-6-14(10)16(19-18)15-7-5-13(20-3)9-11(15)2/h4-9,16,19H,18H2,1-3H3. The molecule has 0 radical (unpaired) electrons. The van der Waals surface area contributed by atoms with Gasteiger partial charge < -0.3 is 4.74 Å². The Balaban J connectivity index is 2.47. The number of ether oxygens (including phenoxy) is 1. The summed E-state index contributed by atoms with van der Waals surface area (Å²) >= 11 is 3.49. The highest BCUT2D eigenvalue weighted by atomic mass is 79.9. The van der Waals surface area contributed by atoms with Crippen molar-refractivity contribution in [2.75, 3.05) is 7.11 Å². The number of aryl methyl sites for hydroxylation is 2. The molecule has 0 spiro atoms. The zero-order chi connectivity index (χ0) is 14.7. The molecule has 2 rings (SSSR count). The van der Waals surface area contributed by atoms with Crippen molar-refractivity contribution >= 4 is 15.9 Å². The third-order valence-electron chi connectivity index (χ3n) is 3.50. The van der Waals surface area contributed by atoms with E-state index in [1.165, 1.54) is 11.1 Å². The minimum atomic E-state index is -0.0333. The Morgan fingerprint density at radius 3 is 2.15 bits per heavy atom. The van der Waals surface area contributed by atoms with E-state index in [2.05, 4.69) is 53.4 Å². The molecular formula is C16H19BrN2O. The van der Waals surface area contributed by atoms with E-state index in [0.29, 0.717) is 0 Å². The van der Waals surface area contributed by atoms with Crippen LogP contribution in [0.25, 0.3) is 0 Å². The molecule has 0 amide bonds. The molecule has 20 heavy (non-hydrogen) atoms. The molecule has 3 N–H and O–H groups in total. The molecule has 3 nitrogen and oxygen atoms in total. The van der Waals surface area contributed by atoms with Crippen LogP contribution in [0.5, 0.6) is 5.75 Å². The number of nitrogens with two attached hydrogens (primary N) is 1. The van der Waals surface area contributed by atoms with Crippen LogP contribution in [0.15, 0.2) is 40.9 Å². The predicted octanol–water partition coefficient (Wildman–Crippen LogP) is 3.63. The molecule has 1 atom stereocenters. The molecule has 0 aliphatic carbocycles. The van der Waals surface area contributed by atoms with Crippen molar-refractivity contribution in [2.24, 2.45) is 5.84 Å². The molecule has 0 saturated carbocycles. The SMILES string of the molecule is COc1ccc(C(NN)c2ccc(Br)cc2C)c(C)c1. The van der Waals surface area contributed by atoms with Crippen LogP contribution in [0.2, 0.25) is 0 Å².